The number of nitrogens with zero attached hydrogens (tertiary/aromatic N) is 3. The Morgan fingerprint density at radius 3 is 2.94 bits per heavy atom. The van der Waals surface area contributed by atoms with Crippen LogP contribution in [0.5, 0.6) is 0 Å². The van der Waals surface area contributed by atoms with Crippen molar-refractivity contribution in [2.24, 2.45) is 9.98 Å². The van der Waals surface area contributed by atoms with Gasteiger partial charge in [-0.2, -0.15) is 0 Å². The lowest BCUT2D eigenvalue weighted by atomic mass is 10.1. The molecule has 3 rings (SSSR count). The quantitative estimate of drug-likeness (QED) is 0.702. The molecule has 2 aliphatic heterocycles. The Morgan fingerprint density at radius 2 is 2.12 bits per heavy atom. The molecule has 0 atom stereocenters. The van der Waals surface area contributed by atoms with Gasteiger partial charge in [0.25, 0.3) is 0 Å². The van der Waals surface area contributed by atoms with E-state index in [0.717, 1.165) is 12.3 Å². The molecule has 1 aromatic rings. The van der Waals surface area contributed by atoms with E-state index in [4.69, 9.17) is 0 Å². The fourth-order valence-corrected chi connectivity index (χ4v) is 1.87. The van der Waals surface area contributed by atoms with Gasteiger partial charge >= 0.3 is 0 Å². The maximum atomic E-state index is 13.6. The second kappa shape index (κ2) is 3.56. The largest absolute Gasteiger partial charge is 0.331 e. The zero-order chi connectivity index (χ0) is 11.0. The average Bonchev–Trinajstić information content (AvgIpc) is 2.73. The summed E-state index contributed by atoms with van der Waals surface area (Å²) in [6, 6.07) is 6.70. The zero-order valence-electron chi connectivity index (χ0n) is 8.60. The number of hydrogen-bond acceptors (Lipinski definition) is 3. The number of hydrogen-bond donors (Lipinski definition) is 0. The molecule has 4 heteroatoms. The van der Waals surface area contributed by atoms with Gasteiger partial charge < -0.3 is 4.90 Å². The third kappa shape index (κ3) is 1.43. The molecule has 0 aromatic heterocycles. The van der Waals surface area contributed by atoms with Crippen molar-refractivity contribution < 1.29 is 4.39 Å². The summed E-state index contributed by atoms with van der Waals surface area (Å²) in [5, 5.41) is 0. The van der Waals surface area contributed by atoms with Crippen LogP contribution in [0.25, 0.3) is 0 Å². The second-order valence-corrected chi connectivity index (χ2v) is 3.73. The standard InChI is InChI=1S/C12H10FN3/c13-10-5-2-1-4-9(10)11-8-16-7-3-6-14-12(16)15-11/h1-6H,7-8H2. The van der Waals surface area contributed by atoms with Gasteiger partial charge in [0.15, 0.2) is 0 Å². The van der Waals surface area contributed by atoms with E-state index in [0.29, 0.717) is 18.1 Å². The molecule has 0 bridgehead atoms. The Labute approximate surface area is 92.6 Å². The Kier molecular flexibility index (Phi) is 2.06. The molecule has 0 N–H and O–H groups in total. The molecule has 0 aliphatic carbocycles. The lowest BCUT2D eigenvalue weighted by Gasteiger charge is -2.16. The first-order chi connectivity index (χ1) is 7.84. The van der Waals surface area contributed by atoms with E-state index >= 15 is 0 Å². The lowest BCUT2D eigenvalue weighted by Crippen LogP contribution is -2.29. The van der Waals surface area contributed by atoms with Crippen LogP contribution in [0.2, 0.25) is 0 Å². The molecule has 80 valence electrons. The summed E-state index contributed by atoms with van der Waals surface area (Å²) in [6.07, 6.45) is 3.70. The molecule has 0 spiro atoms. The molecule has 3 nitrogen and oxygen atoms in total. The Morgan fingerprint density at radius 1 is 1.25 bits per heavy atom. The fourth-order valence-electron chi connectivity index (χ4n) is 1.87. The van der Waals surface area contributed by atoms with Crippen LogP contribution in [-0.2, 0) is 0 Å². The summed E-state index contributed by atoms with van der Waals surface area (Å²) in [4.78, 5) is 10.5. The second-order valence-electron chi connectivity index (χ2n) is 3.73. The number of guanidine groups is 1. The van der Waals surface area contributed by atoms with Gasteiger partial charge in [-0.25, -0.2) is 14.4 Å². The first-order valence-electron chi connectivity index (χ1n) is 5.15. The SMILES string of the molecule is Fc1ccccc1C1=NC2=NC=CCN2C1. The van der Waals surface area contributed by atoms with Gasteiger partial charge in [0.2, 0.25) is 5.96 Å². The Balaban J connectivity index is 1.99. The highest BCUT2D eigenvalue weighted by atomic mass is 19.1. The van der Waals surface area contributed by atoms with Crippen molar-refractivity contribution in [3.05, 3.63) is 47.9 Å². The van der Waals surface area contributed by atoms with Crippen LogP contribution in [0.3, 0.4) is 0 Å². The minimum absolute atomic E-state index is 0.227. The van der Waals surface area contributed by atoms with Gasteiger partial charge in [0.1, 0.15) is 5.82 Å². The van der Waals surface area contributed by atoms with Crippen LogP contribution in [-0.4, -0.2) is 29.7 Å². The van der Waals surface area contributed by atoms with Gasteiger partial charge in [-0.05, 0) is 12.1 Å². The minimum Gasteiger partial charge on any atom is -0.331 e. The van der Waals surface area contributed by atoms with E-state index in [1.54, 1.807) is 18.3 Å². The predicted octanol–water partition coefficient (Wildman–Crippen LogP) is 1.81. The average molecular weight is 215 g/mol. The first kappa shape index (κ1) is 9.27. The topological polar surface area (TPSA) is 28.0 Å². The molecule has 0 amide bonds. The van der Waals surface area contributed by atoms with E-state index in [2.05, 4.69) is 9.98 Å². The summed E-state index contributed by atoms with van der Waals surface area (Å²) in [5.74, 6) is 0.454. The van der Waals surface area contributed by atoms with E-state index < -0.39 is 0 Å². The van der Waals surface area contributed by atoms with Gasteiger partial charge in [0, 0.05) is 18.3 Å². The number of benzene rings is 1. The summed E-state index contributed by atoms with van der Waals surface area (Å²) < 4.78 is 13.6. The van der Waals surface area contributed by atoms with E-state index in [1.807, 2.05) is 17.0 Å². The van der Waals surface area contributed by atoms with Gasteiger partial charge in [-0.3, -0.25) is 0 Å². The molecule has 0 saturated carbocycles. The summed E-state index contributed by atoms with van der Waals surface area (Å²) in [5.41, 5.74) is 1.32. The van der Waals surface area contributed by atoms with Crippen LogP contribution in [0.15, 0.2) is 46.5 Å². The van der Waals surface area contributed by atoms with Crippen LogP contribution in [0.4, 0.5) is 4.39 Å². The number of halogens is 1. The molecule has 2 heterocycles. The molecule has 0 radical (unpaired) electrons. The van der Waals surface area contributed by atoms with E-state index in [9.17, 15) is 4.39 Å². The molecule has 0 saturated heterocycles. The van der Waals surface area contributed by atoms with Crippen LogP contribution in [0.1, 0.15) is 5.56 Å². The van der Waals surface area contributed by atoms with Crippen molar-refractivity contribution in [3.8, 4) is 0 Å². The Hall–Kier alpha value is -1.97. The number of fused-ring (bicyclic) bond motifs is 1. The van der Waals surface area contributed by atoms with Crippen molar-refractivity contribution in [1.29, 1.82) is 0 Å². The Bertz CT molecular complexity index is 517. The van der Waals surface area contributed by atoms with Crippen LogP contribution >= 0.6 is 0 Å². The van der Waals surface area contributed by atoms with E-state index in [-0.39, 0.29) is 5.82 Å². The molecule has 1 aromatic carbocycles. The highest BCUT2D eigenvalue weighted by Crippen LogP contribution is 2.16. The van der Waals surface area contributed by atoms with Crippen molar-refractivity contribution in [1.82, 2.24) is 4.90 Å². The highest BCUT2D eigenvalue weighted by Gasteiger charge is 2.24. The predicted molar refractivity (Wildman–Crippen MR) is 61.1 cm³/mol. The van der Waals surface area contributed by atoms with Crippen molar-refractivity contribution in [3.63, 3.8) is 0 Å². The number of rotatable bonds is 1. The summed E-state index contributed by atoms with van der Waals surface area (Å²) >= 11 is 0. The normalized spacial score (nSPS) is 18.2. The lowest BCUT2D eigenvalue weighted by molar-refractivity contribution is 0.529. The smallest absolute Gasteiger partial charge is 0.226 e. The van der Waals surface area contributed by atoms with Gasteiger partial charge in [-0.1, -0.05) is 18.2 Å². The molecular formula is C12H10FN3. The molecule has 0 unspecified atom stereocenters. The summed E-state index contributed by atoms with van der Waals surface area (Å²) in [7, 11) is 0. The highest BCUT2D eigenvalue weighted by molar-refractivity contribution is 6.13. The molecular weight excluding hydrogens is 205 g/mol. The van der Waals surface area contributed by atoms with E-state index in [1.165, 1.54) is 6.07 Å². The molecule has 0 fully saturated rings. The molecule has 2 aliphatic rings. The zero-order valence-corrected chi connectivity index (χ0v) is 8.60. The summed E-state index contributed by atoms with van der Waals surface area (Å²) in [6.45, 7) is 1.42. The monoisotopic (exact) mass is 215 g/mol. The third-order valence-corrected chi connectivity index (χ3v) is 2.66. The van der Waals surface area contributed by atoms with Crippen LogP contribution in [0, 0.1) is 5.82 Å². The first-order valence-corrected chi connectivity index (χ1v) is 5.15. The van der Waals surface area contributed by atoms with Gasteiger partial charge in [0.05, 0.1) is 12.3 Å². The number of aliphatic imine (C=N–C) groups is 2. The van der Waals surface area contributed by atoms with Crippen molar-refractivity contribution in [2.75, 3.05) is 13.1 Å². The van der Waals surface area contributed by atoms with Gasteiger partial charge in [-0.15, -0.1) is 0 Å². The third-order valence-electron chi connectivity index (χ3n) is 2.66. The maximum absolute atomic E-state index is 13.6. The maximum Gasteiger partial charge on any atom is 0.226 e. The van der Waals surface area contributed by atoms with Crippen molar-refractivity contribution >= 4 is 11.7 Å². The van der Waals surface area contributed by atoms with Crippen molar-refractivity contribution in [2.45, 2.75) is 0 Å². The molecule has 16 heavy (non-hydrogen) atoms. The minimum atomic E-state index is -0.227. The van der Waals surface area contributed by atoms with Crippen LogP contribution < -0.4 is 0 Å². The fraction of sp³-hybridized carbons (Fsp3) is 0.167.